The largest absolute Gasteiger partial charge is 0.573 e. The van der Waals surface area contributed by atoms with Crippen LogP contribution in [0.25, 0.3) is 10.8 Å². The number of aliphatic imine (C=N–C) groups is 1. The van der Waals surface area contributed by atoms with Crippen molar-refractivity contribution in [3.8, 4) is 5.75 Å². The van der Waals surface area contributed by atoms with Gasteiger partial charge in [0.1, 0.15) is 18.4 Å². The van der Waals surface area contributed by atoms with Gasteiger partial charge in [-0.25, -0.2) is 4.99 Å². The van der Waals surface area contributed by atoms with Gasteiger partial charge in [0.15, 0.2) is 0 Å². The van der Waals surface area contributed by atoms with Crippen molar-refractivity contribution in [2.45, 2.75) is 12.4 Å². The van der Waals surface area contributed by atoms with Gasteiger partial charge in [0.25, 0.3) is 0 Å². The van der Waals surface area contributed by atoms with E-state index < -0.39 is 6.36 Å². The lowest BCUT2D eigenvalue weighted by molar-refractivity contribution is -0.274. The van der Waals surface area contributed by atoms with Crippen molar-refractivity contribution in [2.24, 2.45) is 4.99 Å². The Morgan fingerprint density at radius 2 is 1.65 bits per heavy atom. The maximum absolute atomic E-state index is 12.2. The van der Waals surface area contributed by atoms with Gasteiger partial charge in [-0.15, -0.1) is 13.2 Å². The standard InChI is InChI=1S/C20H14F3NO2/c21-20(22,23)26-15-10-8-14(9-11-15)18-12-25-19(24-18)17-7-3-5-13-4-1-2-6-16(13)17/h1-11,18H,12H2/t18-/m0/s1. The van der Waals surface area contributed by atoms with Gasteiger partial charge in [0, 0.05) is 5.56 Å². The van der Waals surface area contributed by atoms with Crippen molar-refractivity contribution < 1.29 is 22.6 Å². The summed E-state index contributed by atoms with van der Waals surface area (Å²) in [4.78, 5) is 4.61. The number of ether oxygens (including phenoxy) is 2. The van der Waals surface area contributed by atoms with Crippen molar-refractivity contribution in [1.29, 1.82) is 0 Å². The predicted molar refractivity (Wildman–Crippen MR) is 92.3 cm³/mol. The highest BCUT2D eigenvalue weighted by molar-refractivity contribution is 6.07. The van der Waals surface area contributed by atoms with Crippen LogP contribution in [0.3, 0.4) is 0 Å². The Balaban J connectivity index is 1.60. The Morgan fingerprint density at radius 1 is 0.923 bits per heavy atom. The van der Waals surface area contributed by atoms with E-state index in [2.05, 4.69) is 9.73 Å². The second-order valence-corrected chi connectivity index (χ2v) is 5.90. The predicted octanol–water partition coefficient (Wildman–Crippen LogP) is 5.26. The molecule has 1 heterocycles. The number of benzene rings is 3. The highest BCUT2D eigenvalue weighted by Crippen LogP contribution is 2.30. The van der Waals surface area contributed by atoms with Crippen LogP contribution in [-0.4, -0.2) is 18.9 Å². The number of hydrogen-bond donors (Lipinski definition) is 0. The van der Waals surface area contributed by atoms with Crippen LogP contribution in [0.5, 0.6) is 5.75 Å². The quantitative estimate of drug-likeness (QED) is 0.640. The SMILES string of the molecule is FC(F)(F)Oc1ccc([C@@H]2COC(c3cccc4ccccc34)=N2)cc1. The molecule has 6 heteroatoms. The zero-order valence-corrected chi connectivity index (χ0v) is 13.5. The fourth-order valence-electron chi connectivity index (χ4n) is 3.00. The molecule has 0 N–H and O–H groups in total. The van der Waals surface area contributed by atoms with Crippen molar-refractivity contribution in [3.05, 3.63) is 77.9 Å². The second kappa shape index (κ2) is 6.37. The Hall–Kier alpha value is -3.02. The highest BCUT2D eigenvalue weighted by atomic mass is 19.4. The van der Waals surface area contributed by atoms with E-state index in [0.717, 1.165) is 21.9 Å². The van der Waals surface area contributed by atoms with Gasteiger partial charge in [0.2, 0.25) is 5.90 Å². The van der Waals surface area contributed by atoms with Crippen LogP contribution in [0.4, 0.5) is 13.2 Å². The van der Waals surface area contributed by atoms with E-state index in [1.54, 1.807) is 12.1 Å². The van der Waals surface area contributed by atoms with E-state index in [1.165, 1.54) is 12.1 Å². The molecule has 1 aliphatic rings. The summed E-state index contributed by atoms with van der Waals surface area (Å²) in [6, 6.07) is 19.3. The second-order valence-electron chi connectivity index (χ2n) is 5.90. The summed E-state index contributed by atoms with van der Waals surface area (Å²) in [5.74, 6) is 0.292. The summed E-state index contributed by atoms with van der Waals surface area (Å²) in [6.07, 6.45) is -4.70. The third kappa shape index (κ3) is 3.35. The minimum Gasteiger partial charge on any atom is -0.475 e. The molecule has 4 rings (SSSR count). The first kappa shape index (κ1) is 16.4. The molecule has 1 aliphatic heterocycles. The lowest BCUT2D eigenvalue weighted by Gasteiger charge is -2.10. The molecule has 0 aliphatic carbocycles. The molecule has 0 saturated carbocycles. The summed E-state index contributed by atoms with van der Waals surface area (Å²) in [6.45, 7) is 0.345. The molecular formula is C20H14F3NO2. The molecule has 132 valence electrons. The van der Waals surface area contributed by atoms with Gasteiger partial charge < -0.3 is 9.47 Å². The first-order valence-electron chi connectivity index (χ1n) is 8.04. The molecule has 3 nitrogen and oxygen atoms in total. The Kier molecular flexibility index (Phi) is 4.03. The van der Waals surface area contributed by atoms with E-state index in [4.69, 9.17) is 4.74 Å². The summed E-state index contributed by atoms with van der Waals surface area (Å²) in [5.41, 5.74) is 1.68. The van der Waals surface area contributed by atoms with Gasteiger partial charge in [-0.3, -0.25) is 0 Å². The molecule has 0 bridgehead atoms. The molecule has 0 fully saturated rings. The Labute approximate surface area is 147 Å². The van der Waals surface area contributed by atoms with Crippen LogP contribution in [0, 0.1) is 0 Å². The van der Waals surface area contributed by atoms with Crippen molar-refractivity contribution in [1.82, 2.24) is 0 Å². The number of nitrogens with zero attached hydrogens (tertiary/aromatic N) is 1. The molecule has 3 aromatic rings. The average Bonchev–Trinajstić information content (AvgIpc) is 3.10. The van der Waals surface area contributed by atoms with Crippen molar-refractivity contribution >= 4 is 16.7 Å². The number of alkyl halides is 3. The average molecular weight is 357 g/mol. The molecule has 0 saturated heterocycles. The number of hydrogen-bond acceptors (Lipinski definition) is 3. The van der Waals surface area contributed by atoms with Crippen LogP contribution in [0.1, 0.15) is 17.2 Å². The molecule has 0 unspecified atom stereocenters. The molecule has 0 amide bonds. The van der Waals surface area contributed by atoms with Crippen LogP contribution < -0.4 is 4.74 Å². The number of halogens is 3. The molecule has 26 heavy (non-hydrogen) atoms. The lowest BCUT2D eigenvalue weighted by Crippen LogP contribution is -2.17. The van der Waals surface area contributed by atoms with E-state index in [1.807, 2.05) is 42.5 Å². The van der Waals surface area contributed by atoms with Crippen molar-refractivity contribution in [3.63, 3.8) is 0 Å². The number of rotatable bonds is 3. The van der Waals surface area contributed by atoms with E-state index in [-0.39, 0.29) is 11.8 Å². The van der Waals surface area contributed by atoms with Crippen LogP contribution >= 0.6 is 0 Å². The van der Waals surface area contributed by atoms with Gasteiger partial charge in [0.05, 0.1) is 0 Å². The third-order valence-corrected chi connectivity index (χ3v) is 4.17. The first-order chi connectivity index (χ1) is 12.5. The molecule has 0 spiro atoms. The van der Waals surface area contributed by atoms with Gasteiger partial charge in [-0.2, -0.15) is 0 Å². The molecule has 0 radical (unpaired) electrons. The third-order valence-electron chi connectivity index (χ3n) is 4.17. The fourth-order valence-corrected chi connectivity index (χ4v) is 3.00. The summed E-state index contributed by atoms with van der Waals surface area (Å²) in [5, 5.41) is 2.14. The molecular weight excluding hydrogens is 343 g/mol. The lowest BCUT2D eigenvalue weighted by atomic mass is 10.0. The summed E-state index contributed by atoms with van der Waals surface area (Å²) >= 11 is 0. The summed E-state index contributed by atoms with van der Waals surface area (Å²) in [7, 11) is 0. The Morgan fingerprint density at radius 3 is 2.42 bits per heavy atom. The maximum Gasteiger partial charge on any atom is 0.573 e. The molecule has 0 aromatic heterocycles. The Bertz CT molecular complexity index is 959. The smallest absolute Gasteiger partial charge is 0.475 e. The minimum atomic E-state index is -4.70. The van der Waals surface area contributed by atoms with Gasteiger partial charge in [-0.1, -0.05) is 48.5 Å². The van der Waals surface area contributed by atoms with E-state index >= 15 is 0 Å². The van der Waals surface area contributed by atoms with Crippen molar-refractivity contribution in [2.75, 3.05) is 6.61 Å². The normalized spacial score (nSPS) is 17.0. The zero-order valence-electron chi connectivity index (χ0n) is 13.5. The minimum absolute atomic E-state index is 0.251. The summed E-state index contributed by atoms with van der Waals surface area (Å²) < 4.78 is 46.4. The van der Waals surface area contributed by atoms with Crippen LogP contribution in [0.2, 0.25) is 0 Å². The first-order valence-corrected chi connectivity index (χ1v) is 8.04. The number of fused-ring (bicyclic) bond motifs is 1. The molecule has 1 atom stereocenters. The topological polar surface area (TPSA) is 30.8 Å². The molecule has 3 aromatic carbocycles. The highest BCUT2D eigenvalue weighted by Gasteiger charge is 2.31. The van der Waals surface area contributed by atoms with Gasteiger partial charge >= 0.3 is 6.36 Å². The van der Waals surface area contributed by atoms with Crippen LogP contribution in [0.15, 0.2) is 71.7 Å². The monoisotopic (exact) mass is 357 g/mol. The zero-order chi connectivity index (χ0) is 18.1. The van der Waals surface area contributed by atoms with Gasteiger partial charge in [-0.05, 0) is 34.5 Å². The fraction of sp³-hybridized carbons (Fsp3) is 0.150. The van der Waals surface area contributed by atoms with E-state index in [9.17, 15) is 13.2 Å². The van der Waals surface area contributed by atoms with Crippen LogP contribution in [-0.2, 0) is 4.74 Å². The van der Waals surface area contributed by atoms with E-state index in [0.29, 0.717) is 12.5 Å². The maximum atomic E-state index is 12.2.